The third-order valence-corrected chi connectivity index (χ3v) is 6.87. The van der Waals surface area contributed by atoms with Gasteiger partial charge in [0, 0.05) is 54.3 Å². The summed E-state index contributed by atoms with van der Waals surface area (Å²) in [6.07, 6.45) is 9.22. The largest absolute Gasteiger partial charge is 0.384 e. The maximum Gasteiger partial charge on any atom is 0.253 e. The van der Waals surface area contributed by atoms with Crippen molar-refractivity contribution in [3.05, 3.63) is 84.4 Å². The number of carbonyl (C=O) groups excluding carboxylic acids is 1. The van der Waals surface area contributed by atoms with Crippen molar-refractivity contribution >= 4 is 17.2 Å². The third-order valence-electron chi connectivity index (χ3n) is 6.87. The number of nitrogens with one attached hydrogen (secondary N) is 1. The Morgan fingerprint density at radius 2 is 1.81 bits per heavy atom. The van der Waals surface area contributed by atoms with Crippen molar-refractivity contribution in [3.63, 3.8) is 0 Å². The third kappa shape index (κ3) is 2.90. The summed E-state index contributed by atoms with van der Waals surface area (Å²) in [5.41, 5.74) is 6.39. The van der Waals surface area contributed by atoms with Crippen LogP contribution >= 0.6 is 0 Å². The van der Waals surface area contributed by atoms with E-state index in [9.17, 15) is 4.79 Å². The fourth-order valence-electron chi connectivity index (χ4n) is 5.07. The van der Waals surface area contributed by atoms with Gasteiger partial charge in [-0.05, 0) is 36.6 Å². The normalized spacial score (nSPS) is 17.0. The van der Waals surface area contributed by atoms with Crippen molar-refractivity contribution in [2.75, 3.05) is 25.0 Å². The number of nitrogens with zero attached hydrogens (tertiary/aromatic N) is 4. The molecule has 0 saturated carbocycles. The fourth-order valence-corrected chi connectivity index (χ4v) is 5.07. The number of carbonyl (C=O) groups is 1. The van der Waals surface area contributed by atoms with E-state index < -0.39 is 0 Å². The quantitative estimate of drug-likeness (QED) is 0.544. The Bertz CT molecular complexity index is 1270. The van der Waals surface area contributed by atoms with Crippen LogP contribution in [0.15, 0.2) is 73.3 Å². The molecule has 31 heavy (non-hydrogen) atoms. The number of piperidine rings is 1. The van der Waals surface area contributed by atoms with Gasteiger partial charge < -0.3 is 10.2 Å². The molecule has 0 unspecified atom stereocenters. The number of aromatic nitrogens is 3. The van der Waals surface area contributed by atoms with Crippen LogP contribution in [0.4, 0.5) is 5.69 Å². The molecule has 0 bridgehead atoms. The van der Waals surface area contributed by atoms with Crippen LogP contribution in [0.1, 0.15) is 28.8 Å². The molecule has 4 heterocycles. The lowest BCUT2D eigenvalue weighted by Gasteiger charge is -2.39. The molecule has 1 fully saturated rings. The van der Waals surface area contributed by atoms with Crippen LogP contribution in [0.2, 0.25) is 0 Å². The minimum absolute atomic E-state index is 0.114. The van der Waals surface area contributed by atoms with Crippen molar-refractivity contribution in [2.45, 2.75) is 18.3 Å². The van der Waals surface area contributed by atoms with Crippen molar-refractivity contribution in [2.24, 2.45) is 0 Å². The van der Waals surface area contributed by atoms with Gasteiger partial charge in [0.05, 0.1) is 18.1 Å². The predicted molar refractivity (Wildman–Crippen MR) is 120 cm³/mol. The number of para-hydroxylation sites is 1. The minimum Gasteiger partial charge on any atom is -0.384 e. The predicted octanol–water partition coefficient (Wildman–Crippen LogP) is 4.00. The smallest absolute Gasteiger partial charge is 0.253 e. The highest BCUT2D eigenvalue weighted by molar-refractivity contribution is 5.94. The van der Waals surface area contributed by atoms with Gasteiger partial charge in [0.15, 0.2) is 5.65 Å². The summed E-state index contributed by atoms with van der Waals surface area (Å²) in [4.78, 5) is 23.7. The molecule has 1 saturated heterocycles. The number of likely N-dealkylation sites (tertiary alicyclic amines) is 1. The standard InChI is InChI=1S/C25H23N5O/c31-24(29-12-9-25(10-13-29)17-28-21-4-2-1-3-20(21)25)19-7-5-18(6-8-19)22-15-27-23-16-26-11-14-30(22)23/h1-8,11,14-16,28H,9-10,12-13,17H2. The number of hydrogen-bond donors (Lipinski definition) is 1. The van der Waals surface area contributed by atoms with Gasteiger partial charge in [0.1, 0.15) is 0 Å². The zero-order chi connectivity index (χ0) is 20.8. The minimum atomic E-state index is 0.114. The molecule has 0 radical (unpaired) electrons. The van der Waals surface area contributed by atoms with Crippen LogP contribution in [0, 0.1) is 0 Å². The number of fused-ring (bicyclic) bond motifs is 3. The van der Waals surface area contributed by atoms with Crippen LogP contribution in [0.5, 0.6) is 0 Å². The average Bonchev–Trinajstić information content (AvgIpc) is 3.42. The Morgan fingerprint density at radius 1 is 1.00 bits per heavy atom. The van der Waals surface area contributed by atoms with Gasteiger partial charge in [-0.2, -0.15) is 0 Å². The van der Waals surface area contributed by atoms with Gasteiger partial charge in [-0.1, -0.05) is 30.3 Å². The van der Waals surface area contributed by atoms with Gasteiger partial charge in [-0.3, -0.25) is 14.2 Å². The molecule has 6 rings (SSSR count). The van der Waals surface area contributed by atoms with Crippen LogP contribution in [-0.2, 0) is 5.41 Å². The second-order valence-electron chi connectivity index (χ2n) is 8.50. The Labute approximate surface area is 180 Å². The lowest BCUT2D eigenvalue weighted by atomic mass is 9.74. The summed E-state index contributed by atoms with van der Waals surface area (Å²) >= 11 is 0. The Hall–Kier alpha value is -3.67. The SMILES string of the molecule is O=C(c1ccc(-c2cnc3cnccn23)cc1)N1CCC2(CC1)CNc1ccccc12. The number of benzene rings is 2. The average molecular weight is 409 g/mol. The Morgan fingerprint density at radius 3 is 2.65 bits per heavy atom. The van der Waals surface area contributed by atoms with E-state index >= 15 is 0 Å². The lowest BCUT2D eigenvalue weighted by Crippen LogP contribution is -2.46. The lowest BCUT2D eigenvalue weighted by molar-refractivity contribution is 0.0676. The van der Waals surface area contributed by atoms with Crippen molar-refractivity contribution in [1.82, 2.24) is 19.3 Å². The van der Waals surface area contributed by atoms with Gasteiger partial charge in [-0.15, -0.1) is 0 Å². The second kappa shape index (κ2) is 6.94. The summed E-state index contributed by atoms with van der Waals surface area (Å²) in [6.45, 7) is 2.55. The van der Waals surface area contributed by atoms with Crippen molar-refractivity contribution in [1.29, 1.82) is 0 Å². The van der Waals surface area contributed by atoms with E-state index in [-0.39, 0.29) is 11.3 Å². The topological polar surface area (TPSA) is 62.5 Å². The van der Waals surface area contributed by atoms with Crippen LogP contribution in [-0.4, -0.2) is 44.8 Å². The van der Waals surface area contributed by atoms with Gasteiger partial charge in [0.2, 0.25) is 0 Å². The van der Waals surface area contributed by atoms with Crippen LogP contribution in [0.25, 0.3) is 16.9 Å². The summed E-state index contributed by atoms with van der Waals surface area (Å²) < 4.78 is 2.00. The monoisotopic (exact) mass is 409 g/mol. The molecule has 1 N–H and O–H groups in total. The first-order chi connectivity index (χ1) is 15.2. The summed E-state index contributed by atoms with van der Waals surface area (Å²) in [5.74, 6) is 0.114. The number of hydrogen-bond acceptors (Lipinski definition) is 4. The molecule has 0 aliphatic carbocycles. The number of rotatable bonds is 2. The first-order valence-electron chi connectivity index (χ1n) is 10.7. The maximum absolute atomic E-state index is 13.1. The molecular formula is C25H23N5O. The van der Waals surface area contributed by atoms with E-state index in [1.807, 2.05) is 46.0 Å². The maximum atomic E-state index is 13.1. The van der Waals surface area contributed by atoms with E-state index in [0.29, 0.717) is 0 Å². The zero-order valence-corrected chi connectivity index (χ0v) is 17.2. The van der Waals surface area contributed by atoms with E-state index in [1.165, 1.54) is 11.3 Å². The summed E-state index contributed by atoms with van der Waals surface area (Å²) in [5, 5.41) is 3.55. The van der Waals surface area contributed by atoms with Gasteiger partial charge in [-0.25, -0.2) is 4.98 Å². The van der Waals surface area contributed by atoms with Crippen LogP contribution in [0.3, 0.4) is 0 Å². The fraction of sp³-hybridized carbons (Fsp3) is 0.240. The molecule has 6 heteroatoms. The molecule has 0 atom stereocenters. The second-order valence-corrected chi connectivity index (χ2v) is 8.50. The number of imidazole rings is 1. The highest BCUT2D eigenvalue weighted by Gasteiger charge is 2.42. The van der Waals surface area contributed by atoms with E-state index in [1.54, 1.807) is 12.4 Å². The molecule has 1 spiro atoms. The first-order valence-corrected chi connectivity index (χ1v) is 10.7. The molecule has 6 nitrogen and oxygen atoms in total. The highest BCUT2D eigenvalue weighted by atomic mass is 16.2. The zero-order valence-electron chi connectivity index (χ0n) is 17.2. The van der Waals surface area contributed by atoms with E-state index in [4.69, 9.17) is 0 Å². The van der Waals surface area contributed by atoms with E-state index in [2.05, 4.69) is 39.6 Å². The molecule has 2 aromatic heterocycles. The van der Waals surface area contributed by atoms with Gasteiger partial charge in [0.25, 0.3) is 5.91 Å². The van der Waals surface area contributed by atoms with Crippen molar-refractivity contribution in [3.8, 4) is 11.3 Å². The Kier molecular flexibility index (Phi) is 4.06. The Balaban J connectivity index is 1.19. The highest BCUT2D eigenvalue weighted by Crippen LogP contribution is 2.43. The van der Waals surface area contributed by atoms with Gasteiger partial charge >= 0.3 is 0 Å². The summed E-state index contributed by atoms with van der Waals surface area (Å²) in [7, 11) is 0. The number of amides is 1. The molecule has 1 amide bonds. The van der Waals surface area contributed by atoms with Crippen molar-refractivity contribution < 1.29 is 4.79 Å². The molecular weight excluding hydrogens is 386 g/mol. The summed E-state index contributed by atoms with van der Waals surface area (Å²) in [6, 6.07) is 16.4. The molecule has 2 aliphatic heterocycles. The first kappa shape index (κ1) is 18.1. The molecule has 4 aromatic rings. The van der Waals surface area contributed by atoms with Crippen LogP contribution < -0.4 is 5.32 Å². The molecule has 2 aromatic carbocycles. The molecule has 2 aliphatic rings. The number of anilines is 1. The molecule has 154 valence electrons. The van der Waals surface area contributed by atoms with E-state index in [0.717, 1.165) is 54.9 Å².